The Labute approximate surface area is 345 Å². The zero-order valence-electron chi connectivity index (χ0n) is 33.4. The highest BCUT2D eigenvalue weighted by molar-refractivity contribution is 7.91. The molecule has 17 heteroatoms. The molecule has 4 N–H and O–H groups in total. The number of ether oxygens (including phenoxy) is 1. The van der Waals surface area contributed by atoms with Crippen molar-refractivity contribution in [1.82, 2.24) is 30.5 Å². The van der Waals surface area contributed by atoms with E-state index in [0.717, 1.165) is 62.5 Å². The van der Waals surface area contributed by atoms with Crippen LogP contribution in [-0.2, 0) is 51.8 Å². The van der Waals surface area contributed by atoms with Gasteiger partial charge >= 0.3 is 6.09 Å². The monoisotopic (exact) mass is 844 g/mol. The van der Waals surface area contributed by atoms with Gasteiger partial charge in [0.15, 0.2) is 0 Å². The molecule has 0 spiro atoms. The summed E-state index contributed by atoms with van der Waals surface area (Å²) in [5.41, 5.74) is 0.236. The molecule has 4 fully saturated rings. The van der Waals surface area contributed by atoms with Crippen LogP contribution in [0, 0.1) is 5.92 Å². The highest BCUT2D eigenvalue weighted by atomic mass is 35.5. The third-order valence-corrected chi connectivity index (χ3v) is 14.2. The summed E-state index contributed by atoms with van der Waals surface area (Å²) in [7, 11) is -3.88. The standard InChI is InChI=1S/C41H57ClN6O9S/c1-3-4-5-6-7-11-17-33(44-37(51)35(43-26(2)49)27-13-9-8-10-14-27)38(52)48-24-29(57-40(54)47-23-28-15-12-16-32(42)31(28)25-47)22-34(48)36(50)45-41(20-21-41)39(53)46-58(55,56)30-18-19-30/h3-4,12,15-16,27,29-30,33-35H,5-11,13-14,17-25H2,1-2H3,(H,43,49)(H,44,51)(H,45,50)(H,46,53)/b4-3-/t29-,33+,34+,35+/m1/s1. The molecule has 6 rings (SSSR count). The molecule has 6 amide bonds. The van der Waals surface area contributed by atoms with Gasteiger partial charge in [0.2, 0.25) is 33.7 Å². The number of amides is 6. The number of rotatable bonds is 17. The molecular formula is C41H57ClN6O9S. The van der Waals surface area contributed by atoms with Crippen LogP contribution >= 0.6 is 11.6 Å². The van der Waals surface area contributed by atoms with Crippen LogP contribution in [0.2, 0.25) is 5.02 Å². The number of unbranched alkanes of at least 4 members (excludes halogenated alkanes) is 3. The van der Waals surface area contributed by atoms with Crippen molar-refractivity contribution in [1.29, 1.82) is 0 Å². The van der Waals surface area contributed by atoms with Gasteiger partial charge in [-0.05, 0) is 87.8 Å². The molecule has 2 heterocycles. The largest absolute Gasteiger partial charge is 0.444 e. The fraction of sp³-hybridized carbons (Fsp3) is 0.659. The van der Waals surface area contributed by atoms with Gasteiger partial charge in [-0.25, -0.2) is 13.2 Å². The van der Waals surface area contributed by atoms with Gasteiger partial charge in [-0.2, -0.15) is 0 Å². The minimum atomic E-state index is -3.88. The van der Waals surface area contributed by atoms with Crippen LogP contribution in [0.1, 0.15) is 121 Å². The van der Waals surface area contributed by atoms with Crippen LogP contribution in [0.25, 0.3) is 0 Å². The fourth-order valence-electron chi connectivity index (χ4n) is 8.40. The van der Waals surface area contributed by atoms with Crippen molar-refractivity contribution in [3.63, 3.8) is 0 Å². The summed E-state index contributed by atoms with van der Waals surface area (Å²) in [5, 5.41) is 8.40. The first-order chi connectivity index (χ1) is 27.7. The predicted molar refractivity (Wildman–Crippen MR) is 215 cm³/mol. The second-order valence-corrected chi connectivity index (χ2v) is 18.9. The van der Waals surface area contributed by atoms with Crippen molar-refractivity contribution >= 4 is 57.3 Å². The van der Waals surface area contributed by atoms with E-state index in [2.05, 4.69) is 26.7 Å². The van der Waals surface area contributed by atoms with E-state index in [4.69, 9.17) is 16.3 Å². The molecular weight excluding hydrogens is 788 g/mol. The Morgan fingerprint density at radius 2 is 1.72 bits per heavy atom. The normalized spacial score (nSPS) is 22.5. The number of halogens is 1. The molecule has 58 heavy (non-hydrogen) atoms. The summed E-state index contributed by atoms with van der Waals surface area (Å²) < 4.78 is 33.3. The number of nitrogens with one attached hydrogen (secondary N) is 4. The minimum Gasteiger partial charge on any atom is -0.444 e. The van der Waals surface area contributed by atoms with Gasteiger partial charge in [0.1, 0.15) is 29.8 Å². The summed E-state index contributed by atoms with van der Waals surface area (Å²) in [4.78, 5) is 84.9. The molecule has 0 radical (unpaired) electrons. The Morgan fingerprint density at radius 1 is 0.983 bits per heavy atom. The number of carbonyl (C=O) groups excluding carboxylic acids is 6. The maximum atomic E-state index is 14.8. The predicted octanol–water partition coefficient (Wildman–Crippen LogP) is 4.12. The first-order valence-corrected chi connectivity index (χ1v) is 22.7. The smallest absolute Gasteiger partial charge is 0.410 e. The highest BCUT2D eigenvalue weighted by Crippen LogP contribution is 2.38. The summed E-state index contributed by atoms with van der Waals surface area (Å²) in [6, 6.07) is 2.31. The molecule has 0 bridgehead atoms. The van der Waals surface area contributed by atoms with Crippen molar-refractivity contribution in [3.05, 3.63) is 46.5 Å². The highest BCUT2D eigenvalue weighted by Gasteiger charge is 2.55. The fourth-order valence-corrected chi connectivity index (χ4v) is 10.0. The second-order valence-electron chi connectivity index (χ2n) is 16.6. The molecule has 2 aliphatic heterocycles. The number of sulfonamides is 1. The van der Waals surface area contributed by atoms with Gasteiger partial charge in [0.05, 0.1) is 18.3 Å². The maximum Gasteiger partial charge on any atom is 0.410 e. The van der Waals surface area contributed by atoms with Crippen LogP contribution in [0.15, 0.2) is 30.4 Å². The molecule has 3 aliphatic carbocycles. The van der Waals surface area contributed by atoms with Crippen molar-refractivity contribution in [2.45, 2.75) is 158 Å². The molecule has 4 atom stereocenters. The topological polar surface area (TPSA) is 200 Å². The summed E-state index contributed by atoms with van der Waals surface area (Å²) in [6.45, 7) is 3.64. The van der Waals surface area contributed by atoms with Gasteiger partial charge in [-0.15, -0.1) is 0 Å². The van der Waals surface area contributed by atoms with Gasteiger partial charge < -0.3 is 25.6 Å². The summed E-state index contributed by atoms with van der Waals surface area (Å²) >= 11 is 6.39. The van der Waals surface area contributed by atoms with Crippen molar-refractivity contribution in [2.75, 3.05) is 6.54 Å². The molecule has 318 valence electrons. The van der Waals surface area contributed by atoms with Gasteiger partial charge in [0.25, 0.3) is 5.91 Å². The average Bonchev–Trinajstić information content (AvgIpc) is 4.11. The lowest BCUT2D eigenvalue weighted by Gasteiger charge is -2.33. The first kappa shape index (κ1) is 43.4. The van der Waals surface area contributed by atoms with E-state index in [1.807, 2.05) is 19.1 Å². The Morgan fingerprint density at radius 3 is 2.38 bits per heavy atom. The van der Waals surface area contributed by atoms with Crippen LogP contribution in [-0.4, -0.2) is 95.4 Å². The molecule has 1 aromatic carbocycles. The van der Waals surface area contributed by atoms with Crippen LogP contribution in [0.4, 0.5) is 4.79 Å². The van der Waals surface area contributed by atoms with E-state index in [9.17, 15) is 37.2 Å². The van der Waals surface area contributed by atoms with E-state index in [-0.39, 0.29) is 57.1 Å². The third-order valence-electron chi connectivity index (χ3n) is 12.0. The van der Waals surface area contributed by atoms with Crippen LogP contribution in [0.5, 0.6) is 0 Å². The zero-order chi connectivity index (χ0) is 41.6. The van der Waals surface area contributed by atoms with Crippen LogP contribution < -0.4 is 20.7 Å². The van der Waals surface area contributed by atoms with Crippen molar-refractivity contribution in [3.8, 4) is 0 Å². The molecule has 0 aromatic heterocycles. The molecule has 15 nitrogen and oxygen atoms in total. The lowest BCUT2D eigenvalue weighted by Crippen LogP contribution is -2.59. The minimum absolute atomic E-state index is 0.0937. The van der Waals surface area contributed by atoms with E-state index in [0.29, 0.717) is 24.3 Å². The maximum absolute atomic E-state index is 14.8. The average molecular weight is 845 g/mol. The lowest BCUT2D eigenvalue weighted by atomic mass is 9.83. The molecule has 5 aliphatic rings. The van der Waals surface area contributed by atoms with E-state index < -0.39 is 74.8 Å². The number of likely N-dealkylation sites (tertiary alicyclic amines) is 1. The molecule has 1 saturated heterocycles. The van der Waals surface area contributed by atoms with Gasteiger partial charge in [-0.1, -0.05) is 68.0 Å². The van der Waals surface area contributed by atoms with Crippen molar-refractivity contribution in [2.24, 2.45) is 5.92 Å². The van der Waals surface area contributed by atoms with E-state index in [1.165, 1.54) is 16.7 Å². The van der Waals surface area contributed by atoms with Crippen molar-refractivity contribution < 1.29 is 41.9 Å². The lowest BCUT2D eigenvalue weighted by molar-refractivity contribution is -0.143. The quantitative estimate of drug-likeness (QED) is 0.132. The molecule has 0 unspecified atom stereocenters. The Bertz CT molecular complexity index is 1880. The summed E-state index contributed by atoms with van der Waals surface area (Å²) in [6.07, 6.45) is 11.5. The number of hydrogen-bond donors (Lipinski definition) is 4. The number of allylic oxidation sites excluding steroid dienone is 2. The van der Waals surface area contributed by atoms with E-state index in [1.54, 1.807) is 12.1 Å². The summed E-state index contributed by atoms with van der Waals surface area (Å²) in [5.74, 6) is -3.01. The van der Waals surface area contributed by atoms with Crippen LogP contribution in [0.3, 0.4) is 0 Å². The third kappa shape index (κ3) is 10.7. The number of carbonyl (C=O) groups is 6. The van der Waals surface area contributed by atoms with Gasteiger partial charge in [0, 0.05) is 24.9 Å². The SMILES string of the molecule is C/C=C\CCCCC[C@H](NC(=O)[C@@H](NC(C)=O)C1CCCCC1)C(=O)N1C[C@H](OC(=O)N2Cc3cccc(Cl)c3C2)C[C@H]1C(=O)NC1(C(=O)NS(=O)(=O)C2CC2)CC1. The number of nitrogens with zero attached hydrogens (tertiary/aromatic N) is 2. The number of fused-ring (bicyclic) bond motifs is 1. The Kier molecular flexibility index (Phi) is 14.1. The molecule has 1 aromatic rings. The first-order valence-electron chi connectivity index (χ1n) is 20.8. The zero-order valence-corrected chi connectivity index (χ0v) is 35.0. The molecule has 3 saturated carbocycles. The number of hydrogen-bond acceptors (Lipinski definition) is 9. The number of benzene rings is 1. The Balaban J connectivity index is 1.22. The Hall–Kier alpha value is -4.18. The van der Waals surface area contributed by atoms with E-state index >= 15 is 0 Å². The second kappa shape index (κ2) is 18.8. The van der Waals surface area contributed by atoms with Gasteiger partial charge in [-0.3, -0.25) is 33.6 Å².